The minimum Gasteiger partial charge on any atom is -0.314 e. The normalized spacial score (nSPS) is 17.8. The highest BCUT2D eigenvalue weighted by Gasteiger charge is 2.17. The molecule has 0 radical (unpaired) electrons. The molecule has 0 unspecified atom stereocenters. The maximum atomic E-state index is 12.8. The average Bonchev–Trinajstić information content (AvgIpc) is 2.43. The molecular weight excluding hydrogens is 239 g/mol. The van der Waals surface area contributed by atoms with Crippen molar-refractivity contribution in [2.45, 2.75) is 38.6 Å². The van der Waals surface area contributed by atoms with Crippen molar-refractivity contribution in [3.63, 3.8) is 0 Å². The summed E-state index contributed by atoms with van der Waals surface area (Å²) < 4.78 is 12.8. The molecule has 0 bridgehead atoms. The van der Waals surface area contributed by atoms with Gasteiger partial charge in [0.05, 0.1) is 0 Å². The Morgan fingerprint density at radius 3 is 2.53 bits per heavy atom. The first-order chi connectivity index (χ1) is 9.28. The van der Waals surface area contributed by atoms with Gasteiger partial charge in [-0.15, -0.1) is 0 Å². The number of nitrogens with zero attached hydrogens (tertiary/aromatic N) is 1. The molecule has 0 amide bonds. The third-order valence-electron chi connectivity index (χ3n) is 3.89. The molecule has 1 saturated heterocycles. The van der Waals surface area contributed by atoms with Crippen LogP contribution in [0.4, 0.5) is 4.39 Å². The summed E-state index contributed by atoms with van der Waals surface area (Å²) in [5.74, 6) is -0.153. The molecule has 106 valence electrons. The predicted octanol–water partition coefficient (Wildman–Crippen LogP) is 2.83. The molecule has 19 heavy (non-hydrogen) atoms. The van der Waals surface area contributed by atoms with Crippen LogP contribution in [0.1, 0.15) is 31.7 Å². The fraction of sp³-hybridized carbons (Fsp3) is 0.625. The van der Waals surface area contributed by atoms with Gasteiger partial charge in [-0.25, -0.2) is 4.39 Å². The van der Waals surface area contributed by atoms with Gasteiger partial charge in [0.2, 0.25) is 0 Å². The molecule has 3 heteroatoms. The number of hydrogen-bond donors (Lipinski definition) is 1. The minimum atomic E-state index is -0.153. The second kappa shape index (κ2) is 7.61. The SMILES string of the molecule is CCCN1CCC(NCCc2ccc(F)cc2)CC1. The molecule has 0 atom stereocenters. The largest absolute Gasteiger partial charge is 0.314 e. The van der Waals surface area contributed by atoms with Crippen molar-refractivity contribution in [2.75, 3.05) is 26.2 Å². The molecule has 2 nitrogen and oxygen atoms in total. The van der Waals surface area contributed by atoms with Gasteiger partial charge < -0.3 is 10.2 Å². The van der Waals surface area contributed by atoms with Gasteiger partial charge in [-0.05, 0) is 69.6 Å². The van der Waals surface area contributed by atoms with Crippen molar-refractivity contribution in [1.82, 2.24) is 10.2 Å². The molecular formula is C16H25FN2. The highest BCUT2D eigenvalue weighted by molar-refractivity contribution is 5.16. The second-order valence-corrected chi connectivity index (χ2v) is 5.45. The molecule has 1 aliphatic rings. The second-order valence-electron chi connectivity index (χ2n) is 5.45. The van der Waals surface area contributed by atoms with E-state index in [4.69, 9.17) is 0 Å². The van der Waals surface area contributed by atoms with Gasteiger partial charge >= 0.3 is 0 Å². The van der Waals surface area contributed by atoms with Gasteiger partial charge in [-0.1, -0.05) is 19.1 Å². The van der Waals surface area contributed by atoms with E-state index in [1.807, 2.05) is 12.1 Å². The fourth-order valence-corrected chi connectivity index (χ4v) is 2.75. The average molecular weight is 264 g/mol. The molecule has 1 heterocycles. The summed E-state index contributed by atoms with van der Waals surface area (Å²) >= 11 is 0. The Balaban J connectivity index is 1.63. The lowest BCUT2D eigenvalue weighted by Gasteiger charge is -2.32. The highest BCUT2D eigenvalue weighted by Crippen LogP contribution is 2.10. The standard InChI is InChI=1S/C16H25FN2/c1-2-11-19-12-8-16(9-13-19)18-10-7-14-3-5-15(17)6-4-14/h3-6,16,18H,2,7-13H2,1H3. The molecule has 0 saturated carbocycles. The molecule has 1 aromatic rings. The lowest BCUT2D eigenvalue weighted by Crippen LogP contribution is -2.43. The molecule has 2 rings (SSSR count). The Hall–Kier alpha value is -0.930. The van der Waals surface area contributed by atoms with E-state index in [-0.39, 0.29) is 5.82 Å². The summed E-state index contributed by atoms with van der Waals surface area (Å²) in [6, 6.07) is 7.49. The predicted molar refractivity (Wildman–Crippen MR) is 77.9 cm³/mol. The van der Waals surface area contributed by atoms with Crippen molar-refractivity contribution in [3.05, 3.63) is 35.6 Å². The van der Waals surface area contributed by atoms with Crippen LogP contribution in [0.15, 0.2) is 24.3 Å². The van der Waals surface area contributed by atoms with Crippen LogP contribution in [0, 0.1) is 5.82 Å². The van der Waals surface area contributed by atoms with E-state index < -0.39 is 0 Å². The highest BCUT2D eigenvalue weighted by atomic mass is 19.1. The van der Waals surface area contributed by atoms with E-state index in [0.29, 0.717) is 6.04 Å². The van der Waals surface area contributed by atoms with E-state index in [0.717, 1.165) is 13.0 Å². The summed E-state index contributed by atoms with van der Waals surface area (Å²) in [5.41, 5.74) is 1.21. The van der Waals surface area contributed by atoms with Crippen molar-refractivity contribution in [3.8, 4) is 0 Å². The summed E-state index contributed by atoms with van der Waals surface area (Å²) in [4.78, 5) is 2.55. The van der Waals surface area contributed by atoms with Gasteiger partial charge in [0.15, 0.2) is 0 Å². The van der Waals surface area contributed by atoms with Gasteiger partial charge in [-0.3, -0.25) is 0 Å². The van der Waals surface area contributed by atoms with Crippen LogP contribution in [0.2, 0.25) is 0 Å². The van der Waals surface area contributed by atoms with Crippen LogP contribution in [0.5, 0.6) is 0 Å². The summed E-state index contributed by atoms with van der Waals surface area (Å²) in [6.45, 7) is 6.92. The summed E-state index contributed by atoms with van der Waals surface area (Å²) in [5, 5.41) is 3.63. The number of piperidine rings is 1. The lowest BCUT2D eigenvalue weighted by atomic mass is 10.0. The van der Waals surface area contributed by atoms with Crippen LogP contribution < -0.4 is 5.32 Å². The van der Waals surface area contributed by atoms with Crippen LogP contribution >= 0.6 is 0 Å². The number of nitrogens with one attached hydrogen (secondary N) is 1. The number of benzene rings is 1. The molecule has 0 aromatic heterocycles. The Bertz CT molecular complexity index is 356. The van der Waals surface area contributed by atoms with Crippen LogP contribution in [-0.4, -0.2) is 37.1 Å². The van der Waals surface area contributed by atoms with Gasteiger partial charge in [0, 0.05) is 6.04 Å². The number of rotatable bonds is 6. The van der Waals surface area contributed by atoms with Gasteiger partial charge in [0.25, 0.3) is 0 Å². The molecule has 1 fully saturated rings. The van der Waals surface area contributed by atoms with E-state index in [9.17, 15) is 4.39 Å². The summed E-state index contributed by atoms with van der Waals surface area (Å²) in [7, 11) is 0. The van der Waals surface area contributed by atoms with E-state index in [1.54, 1.807) is 12.1 Å². The van der Waals surface area contributed by atoms with Crippen molar-refractivity contribution in [1.29, 1.82) is 0 Å². The van der Waals surface area contributed by atoms with Gasteiger partial charge in [-0.2, -0.15) is 0 Å². The Kier molecular flexibility index (Phi) is 5.80. The van der Waals surface area contributed by atoms with E-state index in [1.165, 1.54) is 44.5 Å². The first-order valence-electron chi connectivity index (χ1n) is 7.48. The van der Waals surface area contributed by atoms with Crippen LogP contribution in [0.25, 0.3) is 0 Å². The van der Waals surface area contributed by atoms with Crippen molar-refractivity contribution >= 4 is 0 Å². The third-order valence-corrected chi connectivity index (χ3v) is 3.89. The van der Waals surface area contributed by atoms with Crippen LogP contribution in [0.3, 0.4) is 0 Å². The zero-order valence-corrected chi connectivity index (χ0v) is 11.9. The third kappa shape index (κ3) is 4.92. The topological polar surface area (TPSA) is 15.3 Å². The fourth-order valence-electron chi connectivity index (χ4n) is 2.75. The zero-order chi connectivity index (χ0) is 13.5. The molecule has 0 aliphatic carbocycles. The quantitative estimate of drug-likeness (QED) is 0.850. The number of hydrogen-bond acceptors (Lipinski definition) is 2. The minimum absolute atomic E-state index is 0.153. The van der Waals surface area contributed by atoms with Gasteiger partial charge in [0.1, 0.15) is 5.82 Å². The Morgan fingerprint density at radius 1 is 1.21 bits per heavy atom. The molecule has 1 aliphatic heterocycles. The number of halogens is 1. The first kappa shape index (κ1) is 14.5. The van der Waals surface area contributed by atoms with E-state index in [2.05, 4.69) is 17.1 Å². The van der Waals surface area contributed by atoms with Crippen molar-refractivity contribution in [2.24, 2.45) is 0 Å². The Labute approximate surface area is 116 Å². The maximum absolute atomic E-state index is 12.8. The number of likely N-dealkylation sites (tertiary alicyclic amines) is 1. The molecule has 0 spiro atoms. The lowest BCUT2D eigenvalue weighted by molar-refractivity contribution is 0.198. The van der Waals surface area contributed by atoms with Crippen molar-refractivity contribution < 1.29 is 4.39 Å². The van der Waals surface area contributed by atoms with Crippen LogP contribution in [-0.2, 0) is 6.42 Å². The smallest absolute Gasteiger partial charge is 0.123 e. The maximum Gasteiger partial charge on any atom is 0.123 e. The Morgan fingerprint density at radius 2 is 1.89 bits per heavy atom. The monoisotopic (exact) mass is 264 g/mol. The summed E-state index contributed by atoms with van der Waals surface area (Å²) in [6.07, 6.45) is 4.74. The first-order valence-corrected chi connectivity index (χ1v) is 7.48. The van der Waals surface area contributed by atoms with E-state index >= 15 is 0 Å². The molecule has 1 N–H and O–H groups in total. The molecule has 1 aromatic carbocycles. The zero-order valence-electron chi connectivity index (χ0n) is 11.9.